The molecule has 0 saturated carbocycles. The molecule has 22 heavy (non-hydrogen) atoms. The zero-order valence-electron chi connectivity index (χ0n) is 11.9. The van der Waals surface area contributed by atoms with Crippen LogP contribution in [0.3, 0.4) is 0 Å². The normalized spacial score (nSPS) is 18.9. The number of anilines is 1. The van der Waals surface area contributed by atoms with Gasteiger partial charge in [-0.3, -0.25) is 19.4 Å². The van der Waals surface area contributed by atoms with E-state index >= 15 is 0 Å². The van der Waals surface area contributed by atoms with Crippen molar-refractivity contribution in [1.82, 2.24) is 14.8 Å². The highest BCUT2D eigenvalue weighted by Crippen LogP contribution is 2.27. The average Bonchev–Trinajstić information content (AvgIpc) is 3.02. The van der Waals surface area contributed by atoms with Crippen molar-refractivity contribution in [3.05, 3.63) is 30.5 Å². The van der Waals surface area contributed by atoms with Crippen LogP contribution in [0.25, 0.3) is 11.4 Å². The summed E-state index contributed by atoms with van der Waals surface area (Å²) >= 11 is 0. The van der Waals surface area contributed by atoms with E-state index in [4.69, 9.17) is 5.14 Å². The molecule has 116 valence electrons. The van der Waals surface area contributed by atoms with E-state index in [1.807, 2.05) is 12.1 Å². The highest BCUT2D eigenvalue weighted by Gasteiger charge is 2.38. The fourth-order valence-corrected chi connectivity index (χ4v) is 3.20. The number of pyridine rings is 1. The first-order chi connectivity index (χ1) is 10.4. The summed E-state index contributed by atoms with van der Waals surface area (Å²) in [4.78, 5) is 17.7. The van der Waals surface area contributed by atoms with Crippen LogP contribution in [0, 0.1) is 0 Å². The summed E-state index contributed by atoms with van der Waals surface area (Å²) in [5, 5.41) is 8.58. The van der Waals surface area contributed by atoms with Crippen LogP contribution in [0.1, 0.15) is 6.42 Å². The summed E-state index contributed by atoms with van der Waals surface area (Å²) < 4.78 is 24.4. The standard InChI is InChI=1S/C13H15N5O3S/c1-17-12(7-11(16-17)10-4-2-3-5-15-10)18-8-9(6-13(18)19)22(14,20)21/h2-5,7,9H,6,8H2,1H3,(H2,14,20,21). The Morgan fingerprint density at radius 3 is 2.68 bits per heavy atom. The van der Waals surface area contributed by atoms with Crippen molar-refractivity contribution in [3.63, 3.8) is 0 Å². The van der Waals surface area contributed by atoms with Gasteiger partial charge in [-0.25, -0.2) is 13.6 Å². The molecule has 2 aromatic heterocycles. The second kappa shape index (κ2) is 5.18. The van der Waals surface area contributed by atoms with Gasteiger partial charge in [0, 0.05) is 32.3 Å². The maximum absolute atomic E-state index is 12.1. The Kier molecular flexibility index (Phi) is 3.45. The first-order valence-electron chi connectivity index (χ1n) is 6.63. The minimum Gasteiger partial charge on any atom is -0.296 e. The summed E-state index contributed by atoms with van der Waals surface area (Å²) in [5.74, 6) is 0.242. The number of hydrogen-bond acceptors (Lipinski definition) is 5. The van der Waals surface area contributed by atoms with E-state index in [0.29, 0.717) is 17.2 Å². The number of rotatable bonds is 3. The Morgan fingerprint density at radius 1 is 1.32 bits per heavy atom. The fourth-order valence-electron chi connectivity index (χ4n) is 2.47. The van der Waals surface area contributed by atoms with Gasteiger partial charge in [-0.05, 0) is 12.1 Å². The van der Waals surface area contributed by atoms with Crippen molar-refractivity contribution >= 4 is 21.7 Å². The molecule has 0 aromatic carbocycles. The molecule has 1 unspecified atom stereocenters. The van der Waals surface area contributed by atoms with E-state index < -0.39 is 15.3 Å². The number of aromatic nitrogens is 3. The van der Waals surface area contributed by atoms with Crippen LogP contribution >= 0.6 is 0 Å². The molecule has 3 rings (SSSR count). The van der Waals surface area contributed by atoms with E-state index in [1.54, 1.807) is 25.4 Å². The van der Waals surface area contributed by atoms with Gasteiger partial charge in [0.2, 0.25) is 15.9 Å². The van der Waals surface area contributed by atoms with E-state index in [1.165, 1.54) is 9.58 Å². The molecule has 0 bridgehead atoms. The molecular weight excluding hydrogens is 306 g/mol. The zero-order valence-corrected chi connectivity index (χ0v) is 12.7. The second-order valence-corrected chi connectivity index (χ2v) is 6.99. The van der Waals surface area contributed by atoms with Crippen molar-refractivity contribution < 1.29 is 13.2 Å². The molecule has 8 nitrogen and oxygen atoms in total. The summed E-state index contributed by atoms with van der Waals surface area (Å²) in [6, 6.07) is 7.17. The van der Waals surface area contributed by atoms with Crippen molar-refractivity contribution in [3.8, 4) is 11.4 Å². The van der Waals surface area contributed by atoms with Gasteiger partial charge in [0.15, 0.2) is 0 Å². The van der Waals surface area contributed by atoms with Crippen molar-refractivity contribution in [2.75, 3.05) is 11.4 Å². The molecule has 0 radical (unpaired) electrons. The molecule has 1 fully saturated rings. The van der Waals surface area contributed by atoms with Crippen LogP contribution in [0.5, 0.6) is 0 Å². The Morgan fingerprint density at radius 2 is 2.09 bits per heavy atom. The smallest absolute Gasteiger partial charge is 0.229 e. The summed E-state index contributed by atoms with van der Waals surface area (Å²) in [7, 11) is -2.05. The summed E-state index contributed by atoms with van der Waals surface area (Å²) in [5.41, 5.74) is 1.30. The monoisotopic (exact) mass is 321 g/mol. The van der Waals surface area contributed by atoms with E-state index in [-0.39, 0.29) is 18.9 Å². The molecule has 9 heteroatoms. The molecule has 2 aromatic rings. The van der Waals surface area contributed by atoms with Crippen molar-refractivity contribution in [1.29, 1.82) is 0 Å². The maximum atomic E-state index is 12.1. The lowest BCUT2D eigenvalue weighted by atomic mass is 10.3. The van der Waals surface area contributed by atoms with Crippen LogP contribution in [0.15, 0.2) is 30.5 Å². The molecular formula is C13H15N5O3S. The Balaban J connectivity index is 1.93. The number of amides is 1. The minimum atomic E-state index is -3.74. The molecule has 1 saturated heterocycles. The number of aryl methyl sites for hydroxylation is 1. The lowest BCUT2D eigenvalue weighted by Crippen LogP contribution is -2.32. The van der Waals surface area contributed by atoms with Crippen molar-refractivity contribution in [2.45, 2.75) is 11.7 Å². The van der Waals surface area contributed by atoms with Crippen LogP contribution in [-0.4, -0.2) is 40.9 Å². The lowest BCUT2D eigenvalue weighted by Gasteiger charge is -2.15. The predicted molar refractivity (Wildman–Crippen MR) is 80.3 cm³/mol. The molecule has 1 amide bonds. The van der Waals surface area contributed by atoms with Gasteiger partial charge in [-0.2, -0.15) is 5.10 Å². The second-order valence-electron chi connectivity index (χ2n) is 5.15. The summed E-state index contributed by atoms with van der Waals surface area (Å²) in [6.07, 6.45) is 1.55. The Hall–Kier alpha value is -2.26. The predicted octanol–water partition coefficient (Wildman–Crippen LogP) is -0.124. The van der Waals surface area contributed by atoms with E-state index in [0.717, 1.165) is 0 Å². The molecule has 1 aliphatic heterocycles. The van der Waals surface area contributed by atoms with Gasteiger partial charge in [0.05, 0.1) is 5.69 Å². The summed E-state index contributed by atoms with van der Waals surface area (Å²) in [6.45, 7) is 0.0405. The fraction of sp³-hybridized carbons (Fsp3) is 0.308. The van der Waals surface area contributed by atoms with Gasteiger partial charge in [0.1, 0.15) is 16.8 Å². The molecule has 2 N–H and O–H groups in total. The van der Waals surface area contributed by atoms with Gasteiger partial charge >= 0.3 is 0 Å². The van der Waals surface area contributed by atoms with Crippen LogP contribution in [0.2, 0.25) is 0 Å². The number of primary sulfonamides is 1. The molecule has 0 spiro atoms. The molecule has 1 aliphatic rings. The molecule has 0 aliphatic carbocycles. The first-order valence-corrected chi connectivity index (χ1v) is 8.24. The number of hydrogen-bond donors (Lipinski definition) is 1. The number of sulfonamides is 1. The third-order valence-electron chi connectivity index (χ3n) is 3.61. The number of carbonyl (C=O) groups excluding carboxylic acids is 1. The van der Waals surface area contributed by atoms with E-state index in [9.17, 15) is 13.2 Å². The van der Waals surface area contributed by atoms with Gasteiger partial charge in [-0.1, -0.05) is 6.07 Å². The number of carbonyl (C=O) groups is 1. The maximum Gasteiger partial charge on any atom is 0.229 e. The van der Waals surface area contributed by atoms with Crippen LogP contribution in [0.4, 0.5) is 5.82 Å². The Labute approximate surface area is 127 Å². The molecule has 3 heterocycles. The van der Waals surface area contributed by atoms with Gasteiger partial charge < -0.3 is 0 Å². The van der Waals surface area contributed by atoms with Crippen LogP contribution < -0.4 is 10.0 Å². The quantitative estimate of drug-likeness (QED) is 0.847. The largest absolute Gasteiger partial charge is 0.296 e. The topological polar surface area (TPSA) is 111 Å². The SMILES string of the molecule is Cn1nc(-c2ccccn2)cc1N1CC(S(N)(=O)=O)CC1=O. The average molecular weight is 321 g/mol. The number of nitrogens with zero attached hydrogens (tertiary/aromatic N) is 4. The Bertz CT molecular complexity index is 815. The highest BCUT2D eigenvalue weighted by atomic mass is 32.2. The minimum absolute atomic E-state index is 0.0405. The third kappa shape index (κ3) is 2.60. The first kappa shape index (κ1) is 14.7. The molecule has 1 atom stereocenters. The van der Waals surface area contributed by atoms with Crippen molar-refractivity contribution in [2.24, 2.45) is 12.2 Å². The van der Waals surface area contributed by atoms with Gasteiger partial charge in [0.25, 0.3) is 0 Å². The third-order valence-corrected chi connectivity index (χ3v) is 4.86. The lowest BCUT2D eigenvalue weighted by molar-refractivity contribution is -0.117. The highest BCUT2D eigenvalue weighted by molar-refractivity contribution is 7.89. The van der Waals surface area contributed by atoms with Crippen LogP contribution in [-0.2, 0) is 21.9 Å². The van der Waals surface area contributed by atoms with E-state index in [2.05, 4.69) is 10.1 Å². The van der Waals surface area contributed by atoms with Gasteiger partial charge in [-0.15, -0.1) is 0 Å². The zero-order chi connectivity index (χ0) is 15.9. The number of nitrogens with two attached hydrogens (primary N) is 1.